The van der Waals surface area contributed by atoms with Crippen LogP contribution in [-0.4, -0.2) is 30.4 Å². The Balaban J connectivity index is 2.46. The van der Waals surface area contributed by atoms with Gasteiger partial charge in [-0.3, -0.25) is 5.32 Å². The predicted molar refractivity (Wildman–Crippen MR) is 92.2 cm³/mol. The second kappa shape index (κ2) is 8.38. The summed E-state index contributed by atoms with van der Waals surface area (Å²) in [5.41, 5.74) is 0.391. The number of hydrogen-bond acceptors (Lipinski definition) is 5. The van der Waals surface area contributed by atoms with Crippen molar-refractivity contribution in [2.24, 2.45) is 0 Å². The van der Waals surface area contributed by atoms with Crippen LogP contribution in [0.4, 0.5) is 10.5 Å². The molecule has 6 nitrogen and oxygen atoms in total. The van der Waals surface area contributed by atoms with Crippen LogP contribution in [0.15, 0.2) is 36.4 Å². The summed E-state index contributed by atoms with van der Waals surface area (Å²) in [6, 6.07) is 6.81. The first-order valence-corrected chi connectivity index (χ1v) is 7.66. The summed E-state index contributed by atoms with van der Waals surface area (Å²) >= 11 is 0. The van der Waals surface area contributed by atoms with Crippen molar-refractivity contribution < 1.29 is 23.8 Å². The second-order valence-corrected chi connectivity index (χ2v) is 6.46. The number of esters is 1. The number of amides is 1. The third-order valence-corrected chi connectivity index (χ3v) is 2.64. The third kappa shape index (κ3) is 7.67. The molecule has 0 aliphatic heterocycles. The highest BCUT2D eigenvalue weighted by atomic mass is 16.6. The van der Waals surface area contributed by atoms with E-state index in [-0.39, 0.29) is 6.61 Å². The van der Waals surface area contributed by atoms with Crippen molar-refractivity contribution >= 4 is 17.7 Å². The van der Waals surface area contributed by atoms with E-state index < -0.39 is 23.8 Å². The van der Waals surface area contributed by atoms with Gasteiger partial charge in [0.15, 0.2) is 0 Å². The van der Waals surface area contributed by atoms with Crippen LogP contribution in [0.2, 0.25) is 0 Å². The number of benzene rings is 1. The van der Waals surface area contributed by atoms with Crippen LogP contribution in [0.3, 0.4) is 0 Å². The molecule has 0 radical (unpaired) electrons. The van der Waals surface area contributed by atoms with Crippen LogP contribution in [0.25, 0.3) is 0 Å². The average molecular weight is 335 g/mol. The lowest BCUT2D eigenvalue weighted by molar-refractivity contribution is -0.144. The van der Waals surface area contributed by atoms with Crippen molar-refractivity contribution in [3.8, 4) is 5.75 Å². The van der Waals surface area contributed by atoms with E-state index in [1.807, 2.05) is 0 Å². The van der Waals surface area contributed by atoms with Crippen LogP contribution >= 0.6 is 0 Å². The lowest BCUT2D eigenvalue weighted by Gasteiger charge is -2.19. The van der Waals surface area contributed by atoms with Crippen LogP contribution in [0.1, 0.15) is 34.6 Å². The molecule has 0 saturated carbocycles. The monoisotopic (exact) mass is 335 g/mol. The van der Waals surface area contributed by atoms with Crippen molar-refractivity contribution in [3.05, 3.63) is 36.4 Å². The summed E-state index contributed by atoms with van der Waals surface area (Å²) < 4.78 is 15.8. The van der Waals surface area contributed by atoms with Crippen molar-refractivity contribution in [2.75, 3.05) is 11.9 Å². The number of nitrogens with one attached hydrogen (secondary N) is 1. The number of hydrogen-bond donors (Lipinski definition) is 1. The molecule has 0 fully saturated rings. The summed E-state index contributed by atoms with van der Waals surface area (Å²) in [5.74, 6) is 0.158. The van der Waals surface area contributed by atoms with Gasteiger partial charge >= 0.3 is 12.1 Å². The van der Waals surface area contributed by atoms with Gasteiger partial charge in [-0.25, -0.2) is 9.59 Å². The first kappa shape index (κ1) is 19.5. The van der Waals surface area contributed by atoms with Crippen LogP contribution in [-0.2, 0) is 14.3 Å². The molecule has 0 aliphatic carbocycles. The van der Waals surface area contributed by atoms with Gasteiger partial charge in [0.05, 0.1) is 0 Å². The minimum absolute atomic E-state index is 0.220. The van der Waals surface area contributed by atoms with Gasteiger partial charge in [-0.05, 0) is 58.9 Å². The lowest BCUT2D eigenvalue weighted by Crippen LogP contribution is -2.27. The number of rotatable bonds is 6. The lowest BCUT2D eigenvalue weighted by atomic mass is 10.2. The zero-order chi connectivity index (χ0) is 18.3. The van der Waals surface area contributed by atoms with Crippen molar-refractivity contribution in [1.29, 1.82) is 0 Å². The maximum atomic E-state index is 11.7. The summed E-state index contributed by atoms with van der Waals surface area (Å²) in [4.78, 5) is 23.0. The number of carbonyl (C=O) groups excluding carboxylic acids is 2. The Labute approximate surface area is 142 Å². The first-order chi connectivity index (χ1) is 11.1. The Kier molecular flexibility index (Phi) is 6.82. The topological polar surface area (TPSA) is 73.9 Å². The molecule has 1 N–H and O–H groups in total. The summed E-state index contributed by atoms with van der Waals surface area (Å²) in [5, 5.41) is 2.63. The molecule has 1 amide bonds. The molecule has 132 valence electrons. The van der Waals surface area contributed by atoms with E-state index in [1.54, 1.807) is 58.9 Å². The molecular weight excluding hydrogens is 310 g/mol. The molecule has 0 aliphatic rings. The van der Waals surface area contributed by atoms with Gasteiger partial charge in [0.25, 0.3) is 0 Å². The Morgan fingerprint density at radius 3 is 2.29 bits per heavy atom. The smallest absolute Gasteiger partial charge is 0.412 e. The van der Waals surface area contributed by atoms with Crippen molar-refractivity contribution in [1.82, 2.24) is 0 Å². The molecule has 1 aromatic carbocycles. The second-order valence-electron chi connectivity index (χ2n) is 6.46. The van der Waals surface area contributed by atoms with Gasteiger partial charge in [-0.1, -0.05) is 6.58 Å². The quantitative estimate of drug-likeness (QED) is 0.630. The standard InChI is InChI=1S/C18H25NO5/c1-12(2)16(20)23-13(3)11-22-15-9-7-14(8-10-15)19-17(21)24-18(4,5)6/h7-10,13H,1,11H2,2-6H3,(H,19,21). The van der Waals surface area contributed by atoms with E-state index in [0.717, 1.165) is 0 Å². The van der Waals surface area contributed by atoms with Gasteiger partial charge in [0.1, 0.15) is 24.1 Å². The van der Waals surface area contributed by atoms with Crippen LogP contribution in [0.5, 0.6) is 5.75 Å². The third-order valence-electron chi connectivity index (χ3n) is 2.64. The molecule has 0 bridgehead atoms. The largest absolute Gasteiger partial charge is 0.490 e. The Morgan fingerprint density at radius 2 is 1.79 bits per heavy atom. The fourth-order valence-corrected chi connectivity index (χ4v) is 1.59. The molecule has 0 heterocycles. The summed E-state index contributed by atoms with van der Waals surface area (Å²) in [6.45, 7) is 12.5. The minimum atomic E-state index is -0.551. The predicted octanol–water partition coefficient (Wildman–Crippen LogP) is 3.92. The maximum Gasteiger partial charge on any atom is 0.412 e. The van der Waals surface area contributed by atoms with Crippen LogP contribution in [0, 0.1) is 0 Å². The Bertz CT molecular complexity index is 586. The average Bonchev–Trinajstić information content (AvgIpc) is 2.44. The molecule has 24 heavy (non-hydrogen) atoms. The SMILES string of the molecule is C=C(C)C(=O)OC(C)COc1ccc(NC(=O)OC(C)(C)C)cc1. The highest BCUT2D eigenvalue weighted by molar-refractivity contribution is 5.87. The molecule has 6 heteroatoms. The van der Waals surface area contributed by atoms with E-state index >= 15 is 0 Å². The van der Waals surface area contributed by atoms with Gasteiger partial charge in [-0.2, -0.15) is 0 Å². The minimum Gasteiger partial charge on any atom is -0.490 e. The molecule has 0 spiro atoms. The van der Waals surface area contributed by atoms with Gasteiger partial charge < -0.3 is 14.2 Å². The molecule has 1 unspecified atom stereocenters. The fraction of sp³-hybridized carbons (Fsp3) is 0.444. The van der Waals surface area contributed by atoms with E-state index in [9.17, 15) is 9.59 Å². The first-order valence-electron chi connectivity index (χ1n) is 7.66. The molecule has 1 aromatic rings. The zero-order valence-corrected chi connectivity index (χ0v) is 14.8. The summed E-state index contributed by atoms with van der Waals surface area (Å²) in [6.07, 6.45) is -0.912. The highest BCUT2D eigenvalue weighted by Crippen LogP contribution is 2.17. The molecule has 1 atom stereocenters. The Morgan fingerprint density at radius 1 is 1.21 bits per heavy atom. The fourth-order valence-electron chi connectivity index (χ4n) is 1.59. The number of ether oxygens (including phenoxy) is 3. The number of anilines is 1. The normalized spacial score (nSPS) is 12.0. The van der Waals surface area contributed by atoms with Crippen molar-refractivity contribution in [3.63, 3.8) is 0 Å². The van der Waals surface area contributed by atoms with Gasteiger partial charge in [0, 0.05) is 11.3 Å². The van der Waals surface area contributed by atoms with Crippen molar-refractivity contribution in [2.45, 2.75) is 46.3 Å². The molecule has 0 saturated heterocycles. The highest BCUT2D eigenvalue weighted by Gasteiger charge is 2.16. The zero-order valence-electron chi connectivity index (χ0n) is 14.8. The number of carbonyl (C=O) groups is 2. The van der Waals surface area contributed by atoms with E-state index in [4.69, 9.17) is 14.2 Å². The van der Waals surface area contributed by atoms with Gasteiger partial charge in [0.2, 0.25) is 0 Å². The Hall–Kier alpha value is -2.50. The molecule has 0 aromatic heterocycles. The summed E-state index contributed by atoms with van der Waals surface area (Å²) in [7, 11) is 0. The van der Waals surface area contributed by atoms with E-state index in [2.05, 4.69) is 11.9 Å². The molecular formula is C18H25NO5. The van der Waals surface area contributed by atoms with E-state index in [0.29, 0.717) is 17.0 Å². The van der Waals surface area contributed by atoms with Crippen LogP contribution < -0.4 is 10.1 Å². The van der Waals surface area contributed by atoms with E-state index in [1.165, 1.54) is 0 Å². The maximum absolute atomic E-state index is 11.7. The van der Waals surface area contributed by atoms with Gasteiger partial charge in [-0.15, -0.1) is 0 Å². The molecule has 1 rings (SSSR count).